The van der Waals surface area contributed by atoms with Gasteiger partial charge in [0.1, 0.15) is 0 Å². The average Bonchev–Trinajstić information content (AvgIpc) is 3.07. The van der Waals surface area contributed by atoms with Gasteiger partial charge in [-0.3, -0.25) is 0 Å². The zero-order valence-corrected chi connectivity index (χ0v) is 11.3. The van der Waals surface area contributed by atoms with E-state index in [4.69, 9.17) is 0 Å². The Bertz CT molecular complexity index is 209. The second kappa shape index (κ2) is 5.53. The molecule has 94 valence electrons. The molecule has 2 aliphatic rings. The van der Waals surface area contributed by atoms with E-state index in [0.29, 0.717) is 0 Å². The fourth-order valence-electron chi connectivity index (χ4n) is 3.23. The van der Waals surface area contributed by atoms with E-state index in [1.54, 1.807) is 0 Å². The summed E-state index contributed by atoms with van der Waals surface area (Å²) in [6, 6.07) is 1.60. The Morgan fingerprint density at radius 1 is 1.12 bits per heavy atom. The molecule has 0 aromatic carbocycles. The molecule has 0 spiro atoms. The van der Waals surface area contributed by atoms with Crippen molar-refractivity contribution in [2.75, 3.05) is 0 Å². The molecule has 0 aliphatic heterocycles. The van der Waals surface area contributed by atoms with Crippen LogP contribution in [-0.4, -0.2) is 12.1 Å². The predicted octanol–water partition coefficient (Wildman–Crippen LogP) is 3.98. The Kier molecular flexibility index (Phi) is 4.29. The fraction of sp³-hybridized carbons (Fsp3) is 1.00. The molecule has 1 heteroatoms. The van der Waals surface area contributed by atoms with Crippen LogP contribution >= 0.6 is 0 Å². The van der Waals surface area contributed by atoms with Crippen LogP contribution in [0.1, 0.15) is 65.7 Å². The maximum Gasteiger partial charge on any atom is 0.00978 e. The number of rotatable bonds is 5. The highest BCUT2D eigenvalue weighted by molar-refractivity contribution is 4.87. The zero-order chi connectivity index (χ0) is 11.5. The first-order valence-electron chi connectivity index (χ1n) is 7.46. The standard InChI is InChI=1S/C15H29N/c1-4-14(10-13-8-9-13)16-15-7-5-6-11(2)12(15)3/h11-16H,4-10H2,1-3H3. The van der Waals surface area contributed by atoms with Crippen LogP contribution in [0, 0.1) is 17.8 Å². The maximum atomic E-state index is 3.96. The molecular weight excluding hydrogens is 194 g/mol. The third-order valence-electron chi connectivity index (χ3n) is 4.96. The van der Waals surface area contributed by atoms with Gasteiger partial charge in [0.2, 0.25) is 0 Å². The summed E-state index contributed by atoms with van der Waals surface area (Å²) in [5, 5.41) is 3.96. The van der Waals surface area contributed by atoms with E-state index < -0.39 is 0 Å². The molecule has 2 rings (SSSR count). The van der Waals surface area contributed by atoms with Gasteiger partial charge in [-0.1, -0.05) is 46.5 Å². The minimum atomic E-state index is 0.797. The monoisotopic (exact) mass is 223 g/mol. The molecule has 2 aliphatic carbocycles. The van der Waals surface area contributed by atoms with Crippen LogP contribution in [0.25, 0.3) is 0 Å². The van der Waals surface area contributed by atoms with Crippen molar-refractivity contribution in [1.29, 1.82) is 0 Å². The van der Waals surface area contributed by atoms with Crippen molar-refractivity contribution in [3.63, 3.8) is 0 Å². The molecule has 0 heterocycles. The highest BCUT2D eigenvalue weighted by atomic mass is 15.0. The molecule has 2 fully saturated rings. The van der Waals surface area contributed by atoms with E-state index >= 15 is 0 Å². The molecule has 1 N–H and O–H groups in total. The molecule has 0 bridgehead atoms. The molecule has 1 nitrogen and oxygen atoms in total. The van der Waals surface area contributed by atoms with Crippen LogP contribution in [0.15, 0.2) is 0 Å². The Balaban J connectivity index is 1.80. The minimum absolute atomic E-state index is 0.797. The summed E-state index contributed by atoms with van der Waals surface area (Å²) >= 11 is 0. The highest BCUT2D eigenvalue weighted by Gasteiger charge is 2.30. The maximum absolute atomic E-state index is 3.96. The summed E-state index contributed by atoms with van der Waals surface area (Å²) in [6.07, 6.45) is 10.0. The molecule has 4 unspecified atom stereocenters. The summed E-state index contributed by atoms with van der Waals surface area (Å²) in [7, 11) is 0. The van der Waals surface area contributed by atoms with Gasteiger partial charge in [-0.15, -0.1) is 0 Å². The third-order valence-corrected chi connectivity index (χ3v) is 4.96. The number of hydrogen-bond donors (Lipinski definition) is 1. The second-order valence-electron chi connectivity index (χ2n) is 6.32. The summed E-state index contributed by atoms with van der Waals surface area (Å²) in [4.78, 5) is 0. The van der Waals surface area contributed by atoms with Gasteiger partial charge in [0.05, 0.1) is 0 Å². The Morgan fingerprint density at radius 3 is 2.50 bits per heavy atom. The quantitative estimate of drug-likeness (QED) is 0.743. The van der Waals surface area contributed by atoms with Gasteiger partial charge in [-0.05, 0) is 37.0 Å². The second-order valence-corrected chi connectivity index (χ2v) is 6.32. The zero-order valence-electron chi connectivity index (χ0n) is 11.3. The predicted molar refractivity (Wildman–Crippen MR) is 70.5 cm³/mol. The van der Waals surface area contributed by atoms with Crippen LogP contribution in [0.5, 0.6) is 0 Å². The van der Waals surface area contributed by atoms with Crippen LogP contribution in [0.4, 0.5) is 0 Å². The normalized spacial score (nSPS) is 37.3. The Labute approximate surface area is 101 Å². The molecule has 0 amide bonds. The van der Waals surface area contributed by atoms with Crippen molar-refractivity contribution in [1.82, 2.24) is 5.32 Å². The van der Waals surface area contributed by atoms with Crippen molar-refractivity contribution in [3.05, 3.63) is 0 Å². The van der Waals surface area contributed by atoms with E-state index in [9.17, 15) is 0 Å². The van der Waals surface area contributed by atoms with E-state index in [0.717, 1.165) is 29.8 Å². The van der Waals surface area contributed by atoms with Gasteiger partial charge in [0.25, 0.3) is 0 Å². The summed E-state index contributed by atoms with van der Waals surface area (Å²) in [5.41, 5.74) is 0. The van der Waals surface area contributed by atoms with Gasteiger partial charge in [0.15, 0.2) is 0 Å². The van der Waals surface area contributed by atoms with Crippen LogP contribution in [-0.2, 0) is 0 Å². The fourth-order valence-corrected chi connectivity index (χ4v) is 3.23. The lowest BCUT2D eigenvalue weighted by Crippen LogP contribution is -2.45. The average molecular weight is 223 g/mol. The van der Waals surface area contributed by atoms with Gasteiger partial charge >= 0.3 is 0 Å². The number of hydrogen-bond acceptors (Lipinski definition) is 1. The minimum Gasteiger partial charge on any atom is -0.311 e. The highest BCUT2D eigenvalue weighted by Crippen LogP contribution is 2.35. The molecule has 0 aromatic heterocycles. The van der Waals surface area contributed by atoms with Crippen molar-refractivity contribution in [2.45, 2.75) is 77.8 Å². The Hall–Kier alpha value is -0.0400. The third kappa shape index (κ3) is 3.23. The van der Waals surface area contributed by atoms with Gasteiger partial charge < -0.3 is 5.32 Å². The van der Waals surface area contributed by atoms with Gasteiger partial charge in [-0.25, -0.2) is 0 Å². The smallest absolute Gasteiger partial charge is 0.00978 e. The lowest BCUT2D eigenvalue weighted by Gasteiger charge is -2.37. The SMILES string of the molecule is CCC(CC1CC1)NC1CCCC(C)C1C. The van der Waals surface area contributed by atoms with Crippen LogP contribution in [0.2, 0.25) is 0 Å². The first-order valence-corrected chi connectivity index (χ1v) is 7.46. The summed E-state index contributed by atoms with van der Waals surface area (Å²) in [6.45, 7) is 7.22. The van der Waals surface area contributed by atoms with E-state index in [1.165, 1.54) is 44.9 Å². The van der Waals surface area contributed by atoms with Crippen LogP contribution in [0.3, 0.4) is 0 Å². The molecule has 16 heavy (non-hydrogen) atoms. The lowest BCUT2D eigenvalue weighted by molar-refractivity contribution is 0.188. The first kappa shape index (κ1) is 12.4. The summed E-state index contributed by atoms with van der Waals surface area (Å²) < 4.78 is 0. The van der Waals surface area contributed by atoms with Crippen molar-refractivity contribution in [3.8, 4) is 0 Å². The molecular formula is C15H29N. The van der Waals surface area contributed by atoms with Crippen molar-refractivity contribution < 1.29 is 0 Å². The molecule has 2 saturated carbocycles. The van der Waals surface area contributed by atoms with E-state index in [1.807, 2.05) is 0 Å². The topological polar surface area (TPSA) is 12.0 Å². The Morgan fingerprint density at radius 2 is 1.88 bits per heavy atom. The van der Waals surface area contributed by atoms with Gasteiger partial charge in [0, 0.05) is 12.1 Å². The summed E-state index contributed by atoms with van der Waals surface area (Å²) in [5.74, 6) is 2.86. The lowest BCUT2D eigenvalue weighted by atomic mass is 9.77. The van der Waals surface area contributed by atoms with Gasteiger partial charge in [-0.2, -0.15) is 0 Å². The van der Waals surface area contributed by atoms with E-state index in [-0.39, 0.29) is 0 Å². The van der Waals surface area contributed by atoms with Crippen molar-refractivity contribution >= 4 is 0 Å². The molecule has 4 atom stereocenters. The number of nitrogens with one attached hydrogen (secondary N) is 1. The van der Waals surface area contributed by atoms with Crippen molar-refractivity contribution in [2.24, 2.45) is 17.8 Å². The molecule has 0 saturated heterocycles. The largest absolute Gasteiger partial charge is 0.311 e. The van der Waals surface area contributed by atoms with E-state index in [2.05, 4.69) is 26.1 Å². The molecule has 0 radical (unpaired) electrons. The van der Waals surface area contributed by atoms with Crippen LogP contribution < -0.4 is 5.32 Å². The first-order chi connectivity index (χ1) is 7.70. The molecule has 0 aromatic rings.